The molecule has 1 unspecified atom stereocenters. The summed E-state index contributed by atoms with van der Waals surface area (Å²) >= 11 is 1.50. The van der Waals surface area contributed by atoms with Crippen LogP contribution in [-0.4, -0.2) is 25.8 Å². The molecule has 1 aromatic heterocycles. The minimum atomic E-state index is -3.70. The molecule has 0 bridgehead atoms. The van der Waals surface area contributed by atoms with Gasteiger partial charge in [0.1, 0.15) is 0 Å². The van der Waals surface area contributed by atoms with Crippen LogP contribution in [0, 0.1) is 6.92 Å². The molecule has 1 aliphatic rings. The number of hydrogen-bond acceptors (Lipinski definition) is 4. The summed E-state index contributed by atoms with van der Waals surface area (Å²) in [5, 5.41) is 1.91. The van der Waals surface area contributed by atoms with E-state index in [1.807, 2.05) is 34.5 Å². The molecule has 0 aliphatic carbocycles. The molecule has 30 heavy (non-hydrogen) atoms. The van der Waals surface area contributed by atoms with E-state index in [2.05, 4.69) is 23.8 Å². The first-order chi connectivity index (χ1) is 14.5. The number of carbonyl (C=O) groups is 1. The van der Waals surface area contributed by atoms with Crippen molar-refractivity contribution in [2.75, 3.05) is 6.54 Å². The van der Waals surface area contributed by atoms with Crippen molar-refractivity contribution in [1.82, 2.24) is 9.62 Å². The van der Waals surface area contributed by atoms with Gasteiger partial charge in [0.15, 0.2) is 0 Å². The SMILES string of the molecule is Cc1ccccc1C1CCCN1C(=O)c1cccc(S(=O)(=O)NCc2cccs2)c1. The third kappa shape index (κ3) is 4.33. The molecule has 4 rings (SSSR count). The highest BCUT2D eigenvalue weighted by Crippen LogP contribution is 2.34. The molecular weight excluding hydrogens is 416 g/mol. The van der Waals surface area contributed by atoms with Gasteiger partial charge in [-0.2, -0.15) is 0 Å². The molecule has 1 aliphatic heterocycles. The molecule has 1 fully saturated rings. The van der Waals surface area contributed by atoms with Crippen LogP contribution in [0.4, 0.5) is 0 Å². The van der Waals surface area contributed by atoms with Crippen LogP contribution >= 0.6 is 11.3 Å². The van der Waals surface area contributed by atoms with Gasteiger partial charge in [0.05, 0.1) is 10.9 Å². The highest BCUT2D eigenvalue weighted by molar-refractivity contribution is 7.89. The van der Waals surface area contributed by atoms with Gasteiger partial charge in [0, 0.05) is 23.5 Å². The third-order valence-corrected chi connectivity index (χ3v) is 7.74. The highest BCUT2D eigenvalue weighted by Gasteiger charge is 2.31. The average Bonchev–Trinajstić information content (AvgIpc) is 3.44. The largest absolute Gasteiger partial charge is 0.332 e. The second-order valence-corrected chi connectivity index (χ2v) is 10.2. The van der Waals surface area contributed by atoms with Crippen molar-refractivity contribution in [1.29, 1.82) is 0 Å². The summed E-state index contributed by atoms with van der Waals surface area (Å²) in [6.45, 7) is 2.97. The molecule has 1 atom stereocenters. The molecule has 1 amide bonds. The molecule has 2 aromatic carbocycles. The van der Waals surface area contributed by atoms with Crippen molar-refractivity contribution in [3.8, 4) is 0 Å². The molecule has 0 spiro atoms. The number of likely N-dealkylation sites (tertiary alicyclic amines) is 1. The van der Waals surface area contributed by atoms with Crippen LogP contribution in [0.25, 0.3) is 0 Å². The van der Waals surface area contributed by atoms with Gasteiger partial charge < -0.3 is 4.90 Å². The minimum Gasteiger partial charge on any atom is -0.332 e. The van der Waals surface area contributed by atoms with Crippen LogP contribution in [-0.2, 0) is 16.6 Å². The van der Waals surface area contributed by atoms with Crippen molar-refractivity contribution in [3.05, 3.63) is 87.6 Å². The van der Waals surface area contributed by atoms with Crippen LogP contribution in [0.3, 0.4) is 0 Å². The van der Waals surface area contributed by atoms with Gasteiger partial charge >= 0.3 is 0 Å². The van der Waals surface area contributed by atoms with Crippen LogP contribution in [0.15, 0.2) is 70.9 Å². The van der Waals surface area contributed by atoms with E-state index in [0.717, 1.165) is 28.8 Å². The lowest BCUT2D eigenvalue weighted by Gasteiger charge is -2.26. The van der Waals surface area contributed by atoms with Crippen molar-refractivity contribution < 1.29 is 13.2 Å². The van der Waals surface area contributed by atoms with Gasteiger partial charge in [-0.25, -0.2) is 13.1 Å². The van der Waals surface area contributed by atoms with E-state index in [1.54, 1.807) is 12.1 Å². The molecule has 0 radical (unpaired) electrons. The van der Waals surface area contributed by atoms with Gasteiger partial charge in [-0.3, -0.25) is 4.79 Å². The molecule has 3 aromatic rings. The maximum atomic E-state index is 13.3. The quantitative estimate of drug-likeness (QED) is 0.613. The van der Waals surface area contributed by atoms with Crippen molar-refractivity contribution in [3.63, 3.8) is 0 Å². The standard InChI is InChI=1S/C23H24N2O3S2/c1-17-7-2-3-11-21(17)22-12-5-13-25(22)23(26)18-8-4-10-20(15-18)30(27,28)24-16-19-9-6-14-29-19/h2-4,6-11,14-15,22,24H,5,12-13,16H2,1H3. The number of aryl methyl sites for hydroxylation is 1. The van der Waals surface area contributed by atoms with E-state index < -0.39 is 10.0 Å². The van der Waals surface area contributed by atoms with E-state index >= 15 is 0 Å². The Balaban J connectivity index is 1.55. The van der Waals surface area contributed by atoms with Crippen LogP contribution in [0.2, 0.25) is 0 Å². The first-order valence-corrected chi connectivity index (χ1v) is 12.3. The van der Waals surface area contributed by atoms with Gasteiger partial charge in [-0.15, -0.1) is 11.3 Å². The molecule has 7 heteroatoms. The normalized spacial score (nSPS) is 16.7. The van der Waals surface area contributed by atoms with Crippen LogP contribution in [0.1, 0.15) is 45.2 Å². The van der Waals surface area contributed by atoms with Crippen molar-refractivity contribution in [2.24, 2.45) is 0 Å². The Morgan fingerprint density at radius 2 is 1.97 bits per heavy atom. The number of carbonyl (C=O) groups excluding carboxylic acids is 1. The number of rotatable bonds is 6. The van der Waals surface area contributed by atoms with E-state index in [1.165, 1.54) is 23.5 Å². The summed E-state index contributed by atoms with van der Waals surface area (Å²) in [5.41, 5.74) is 2.72. The Morgan fingerprint density at radius 1 is 1.13 bits per heavy atom. The number of nitrogens with one attached hydrogen (secondary N) is 1. The van der Waals surface area contributed by atoms with Crippen molar-refractivity contribution >= 4 is 27.3 Å². The highest BCUT2D eigenvalue weighted by atomic mass is 32.2. The number of benzene rings is 2. The molecule has 2 heterocycles. The Labute approximate surface area is 181 Å². The molecule has 0 saturated carbocycles. The van der Waals surface area contributed by atoms with Crippen LogP contribution < -0.4 is 4.72 Å². The molecule has 5 nitrogen and oxygen atoms in total. The van der Waals surface area contributed by atoms with Crippen molar-refractivity contribution in [2.45, 2.75) is 37.2 Å². The number of amides is 1. The zero-order valence-corrected chi connectivity index (χ0v) is 18.4. The predicted octanol–water partition coefficient (Wildman–Crippen LogP) is 4.51. The number of sulfonamides is 1. The summed E-state index contributed by atoms with van der Waals surface area (Å²) in [6.07, 6.45) is 1.85. The second kappa shape index (κ2) is 8.71. The van der Waals surface area contributed by atoms with E-state index in [9.17, 15) is 13.2 Å². The average molecular weight is 441 g/mol. The zero-order chi connectivity index (χ0) is 21.1. The predicted molar refractivity (Wildman–Crippen MR) is 119 cm³/mol. The maximum absolute atomic E-state index is 13.3. The topological polar surface area (TPSA) is 66.5 Å². The number of nitrogens with zero attached hydrogens (tertiary/aromatic N) is 1. The number of hydrogen-bond donors (Lipinski definition) is 1. The molecule has 1 N–H and O–H groups in total. The third-order valence-electron chi connectivity index (χ3n) is 5.47. The maximum Gasteiger partial charge on any atom is 0.254 e. The zero-order valence-electron chi connectivity index (χ0n) is 16.7. The fraction of sp³-hybridized carbons (Fsp3) is 0.261. The smallest absolute Gasteiger partial charge is 0.254 e. The minimum absolute atomic E-state index is 0.0240. The monoisotopic (exact) mass is 440 g/mol. The van der Waals surface area contributed by atoms with E-state index in [4.69, 9.17) is 0 Å². The molecular formula is C23H24N2O3S2. The number of thiophene rings is 1. The lowest BCUT2D eigenvalue weighted by molar-refractivity contribution is 0.0735. The summed E-state index contributed by atoms with van der Waals surface area (Å²) in [7, 11) is -3.70. The van der Waals surface area contributed by atoms with Gasteiger partial charge in [0.25, 0.3) is 5.91 Å². The van der Waals surface area contributed by atoms with E-state index in [0.29, 0.717) is 12.1 Å². The molecule has 1 saturated heterocycles. The Morgan fingerprint density at radius 3 is 2.73 bits per heavy atom. The fourth-order valence-electron chi connectivity index (χ4n) is 3.92. The fourth-order valence-corrected chi connectivity index (χ4v) is 5.71. The molecule has 156 valence electrons. The first-order valence-electron chi connectivity index (χ1n) is 9.94. The lowest BCUT2D eigenvalue weighted by atomic mass is 9.99. The second-order valence-electron chi connectivity index (χ2n) is 7.44. The van der Waals surface area contributed by atoms with E-state index in [-0.39, 0.29) is 23.4 Å². The Bertz CT molecular complexity index is 1140. The summed E-state index contributed by atoms with van der Waals surface area (Å²) in [5.74, 6) is -0.129. The van der Waals surface area contributed by atoms with Gasteiger partial charge in [0.2, 0.25) is 10.0 Å². The Kier molecular flexibility index (Phi) is 6.04. The first kappa shape index (κ1) is 20.8. The summed E-state index contributed by atoms with van der Waals surface area (Å²) in [4.78, 5) is 16.2. The summed E-state index contributed by atoms with van der Waals surface area (Å²) < 4.78 is 28.1. The van der Waals surface area contributed by atoms with Gasteiger partial charge in [-0.05, 0) is 60.5 Å². The summed E-state index contributed by atoms with van der Waals surface area (Å²) in [6, 6.07) is 18.2. The van der Waals surface area contributed by atoms with Gasteiger partial charge in [-0.1, -0.05) is 36.4 Å². The Hall–Kier alpha value is -2.48. The lowest BCUT2D eigenvalue weighted by Crippen LogP contribution is -2.31. The van der Waals surface area contributed by atoms with Crippen LogP contribution in [0.5, 0.6) is 0 Å².